The third kappa shape index (κ3) is 1.89. The summed E-state index contributed by atoms with van der Waals surface area (Å²) in [5.74, 6) is 0. The Morgan fingerprint density at radius 2 is 1.75 bits per heavy atom. The van der Waals surface area contributed by atoms with Gasteiger partial charge in [-0.3, -0.25) is 0 Å². The summed E-state index contributed by atoms with van der Waals surface area (Å²) >= 11 is 4.79. The van der Waals surface area contributed by atoms with Crippen LogP contribution in [0.1, 0.15) is 7.43 Å². The monoisotopic (exact) mass is 127 g/mol. The summed E-state index contributed by atoms with van der Waals surface area (Å²) in [5, 5.41) is 0. The second kappa shape index (κ2) is 3.38. The number of hydrogen-bond donors (Lipinski definition) is 1. The van der Waals surface area contributed by atoms with Crippen LogP contribution in [0.25, 0.3) is 0 Å². The van der Waals surface area contributed by atoms with Gasteiger partial charge >= 0.3 is 0 Å². The molecule has 0 fully saturated rings. The average molecular weight is 127 g/mol. The molecule has 0 spiro atoms. The number of aromatic amines is 1. The van der Waals surface area contributed by atoms with Gasteiger partial charge in [-0.25, -0.2) is 0 Å². The van der Waals surface area contributed by atoms with Crippen LogP contribution in [0.5, 0.6) is 0 Å². The molecule has 0 aliphatic carbocycles. The third-order valence-electron chi connectivity index (χ3n) is 0.688. The molecule has 0 atom stereocenters. The lowest BCUT2D eigenvalue weighted by atomic mass is 10.5. The predicted molar refractivity (Wildman–Crippen MR) is 38.4 cm³/mol. The highest BCUT2D eigenvalue weighted by Crippen LogP contribution is 1.82. The lowest BCUT2D eigenvalue weighted by molar-refractivity contribution is 1.32. The van der Waals surface area contributed by atoms with Crippen LogP contribution in [0.15, 0.2) is 24.5 Å². The Hall–Kier alpha value is -0.630. The largest absolute Gasteiger partial charge is 0.368 e. The molecule has 1 N–H and O–H groups in total. The minimum Gasteiger partial charge on any atom is -0.368 e. The Kier molecular flexibility index (Phi) is 3.12. The van der Waals surface area contributed by atoms with Crippen LogP contribution in [-0.2, 0) is 0 Å². The van der Waals surface area contributed by atoms with Gasteiger partial charge in [0.15, 0.2) is 0 Å². The Morgan fingerprint density at radius 1 is 1.25 bits per heavy atom. The summed E-state index contributed by atoms with van der Waals surface area (Å²) in [6.45, 7) is 0. The molecule has 0 aliphatic rings. The number of pyridine rings is 1. The Bertz CT molecular complexity index is 174. The zero-order valence-electron chi connectivity index (χ0n) is 3.72. The van der Waals surface area contributed by atoms with E-state index in [1.54, 1.807) is 0 Å². The van der Waals surface area contributed by atoms with Crippen molar-refractivity contribution in [1.82, 2.24) is 4.98 Å². The molecule has 8 heavy (non-hydrogen) atoms. The van der Waals surface area contributed by atoms with E-state index in [-0.39, 0.29) is 7.43 Å². The highest BCUT2D eigenvalue weighted by molar-refractivity contribution is 7.71. The first-order chi connectivity index (χ1) is 3.39. The second-order valence-corrected chi connectivity index (χ2v) is 1.71. The Balaban J connectivity index is 0.000000490. The fourth-order valence-corrected chi connectivity index (χ4v) is 0.508. The second-order valence-electron chi connectivity index (χ2n) is 1.24. The summed E-state index contributed by atoms with van der Waals surface area (Å²) in [6, 6.07) is 3.69. The molecule has 1 aromatic rings. The van der Waals surface area contributed by atoms with E-state index < -0.39 is 0 Å². The van der Waals surface area contributed by atoms with Gasteiger partial charge in [-0.1, -0.05) is 19.6 Å². The zero-order chi connectivity index (χ0) is 5.11. The molecule has 0 amide bonds. The van der Waals surface area contributed by atoms with Gasteiger partial charge in [0, 0.05) is 16.9 Å². The molecule has 0 saturated heterocycles. The smallest absolute Gasteiger partial charge is 0.0406 e. The van der Waals surface area contributed by atoms with E-state index in [4.69, 9.17) is 12.2 Å². The molecule has 1 aromatic heterocycles. The SMILES string of the molecule is C.S=c1cc[nH]cc1. The highest BCUT2D eigenvalue weighted by Gasteiger charge is 1.66. The van der Waals surface area contributed by atoms with Crippen molar-refractivity contribution in [2.24, 2.45) is 0 Å². The molecule has 1 heterocycles. The summed E-state index contributed by atoms with van der Waals surface area (Å²) in [7, 11) is 0. The molecule has 0 bridgehead atoms. The van der Waals surface area contributed by atoms with E-state index in [0.29, 0.717) is 0 Å². The zero-order valence-corrected chi connectivity index (χ0v) is 4.53. The fourth-order valence-electron chi connectivity index (χ4n) is 0.372. The molecule has 44 valence electrons. The van der Waals surface area contributed by atoms with Crippen LogP contribution >= 0.6 is 12.2 Å². The lowest BCUT2D eigenvalue weighted by Crippen LogP contribution is -1.62. The number of rotatable bonds is 0. The van der Waals surface area contributed by atoms with Crippen molar-refractivity contribution in [2.75, 3.05) is 0 Å². The summed E-state index contributed by atoms with van der Waals surface area (Å²) in [6.07, 6.45) is 3.62. The van der Waals surface area contributed by atoms with Crippen molar-refractivity contribution < 1.29 is 0 Å². The van der Waals surface area contributed by atoms with Crippen LogP contribution in [-0.4, -0.2) is 4.98 Å². The van der Waals surface area contributed by atoms with Crippen LogP contribution in [0.2, 0.25) is 0 Å². The van der Waals surface area contributed by atoms with Gasteiger partial charge in [-0.15, -0.1) is 0 Å². The fraction of sp³-hybridized carbons (Fsp3) is 0.167. The van der Waals surface area contributed by atoms with E-state index in [0.717, 1.165) is 4.51 Å². The third-order valence-corrected chi connectivity index (χ3v) is 0.960. The first-order valence-electron chi connectivity index (χ1n) is 2.03. The molecule has 0 aromatic carbocycles. The Labute approximate surface area is 54.4 Å². The maximum Gasteiger partial charge on any atom is 0.0406 e. The quantitative estimate of drug-likeness (QED) is 0.529. The molecular formula is C6H9NS. The normalized spacial score (nSPS) is 7.50. The molecule has 2 heteroatoms. The van der Waals surface area contributed by atoms with Gasteiger partial charge in [0.2, 0.25) is 0 Å². The molecule has 0 aliphatic heterocycles. The highest BCUT2D eigenvalue weighted by atomic mass is 32.1. The standard InChI is InChI=1S/C5H5NS.CH4/c7-5-1-3-6-4-2-5;/h1-4H,(H,6,7);1H4. The van der Waals surface area contributed by atoms with E-state index in [1.807, 2.05) is 24.5 Å². The van der Waals surface area contributed by atoms with Crippen molar-refractivity contribution >= 4 is 12.2 Å². The van der Waals surface area contributed by atoms with Crippen molar-refractivity contribution in [3.05, 3.63) is 29.0 Å². The molecule has 1 rings (SSSR count). The number of hydrogen-bond acceptors (Lipinski definition) is 1. The van der Waals surface area contributed by atoms with Crippen LogP contribution in [0.4, 0.5) is 0 Å². The van der Waals surface area contributed by atoms with Crippen molar-refractivity contribution in [1.29, 1.82) is 0 Å². The number of H-pyrrole nitrogens is 1. The maximum absolute atomic E-state index is 4.79. The van der Waals surface area contributed by atoms with Gasteiger partial charge in [0.1, 0.15) is 0 Å². The molecule has 0 saturated carbocycles. The van der Waals surface area contributed by atoms with Crippen molar-refractivity contribution in [3.8, 4) is 0 Å². The van der Waals surface area contributed by atoms with E-state index >= 15 is 0 Å². The van der Waals surface area contributed by atoms with E-state index in [1.165, 1.54) is 0 Å². The molecule has 1 nitrogen and oxygen atoms in total. The number of aromatic nitrogens is 1. The summed E-state index contributed by atoms with van der Waals surface area (Å²) in [4.78, 5) is 2.87. The van der Waals surface area contributed by atoms with E-state index in [9.17, 15) is 0 Å². The van der Waals surface area contributed by atoms with E-state index in [2.05, 4.69) is 4.98 Å². The molecular weight excluding hydrogens is 118 g/mol. The maximum atomic E-state index is 4.79. The first kappa shape index (κ1) is 7.37. The van der Waals surface area contributed by atoms with Gasteiger partial charge in [0.25, 0.3) is 0 Å². The number of nitrogens with one attached hydrogen (secondary N) is 1. The Morgan fingerprint density at radius 3 is 2.00 bits per heavy atom. The lowest BCUT2D eigenvalue weighted by Gasteiger charge is -1.75. The van der Waals surface area contributed by atoms with Crippen molar-refractivity contribution in [2.45, 2.75) is 7.43 Å². The van der Waals surface area contributed by atoms with Gasteiger partial charge < -0.3 is 4.98 Å². The predicted octanol–water partition coefficient (Wildman–Crippen LogP) is 2.38. The minimum atomic E-state index is 0. The van der Waals surface area contributed by atoms with Crippen LogP contribution in [0.3, 0.4) is 0 Å². The first-order valence-corrected chi connectivity index (χ1v) is 2.43. The van der Waals surface area contributed by atoms with Gasteiger partial charge in [-0.05, 0) is 12.1 Å². The summed E-state index contributed by atoms with van der Waals surface area (Å²) < 4.78 is 0.874. The minimum absolute atomic E-state index is 0. The van der Waals surface area contributed by atoms with Crippen LogP contribution < -0.4 is 0 Å². The molecule has 0 unspecified atom stereocenters. The molecule has 0 radical (unpaired) electrons. The van der Waals surface area contributed by atoms with Crippen LogP contribution in [0, 0.1) is 4.51 Å². The van der Waals surface area contributed by atoms with Crippen molar-refractivity contribution in [3.63, 3.8) is 0 Å². The van der Waals surface area contributed by atoms with Gasteiger partial charge in [-0.2, -0.15) is 0 Å². The average Bonchev–Trinajstić information content (AvgIpc) is 1.69. The van der Waals surface area contributed by atoms with Gasteiger partial charge in [0.05, 0.1) is 0 Å². The topological polar surface area (TPSA) is 15.8 Å². The summed E-state index contributed by atoms with van der Waals surface area (Å²) in [5.41, 5.74) is 0.